The van der Waals surface area contributed by atoms with Crippen molar-refractivity contribution in [2.45, 2.75) is 19.8 Å². The SMILES string of the molecule is CC(C)c1ccc(-c2cc(-c3ccccc3)cc3ccccc23)cc1. The Morgan fingerprint density at radius 1 is 0.560 bits per heavy atom. The molecule has 0 N–H and O–H groups in total. The first kappa shape index (κ1) is 15.7. The van der Waals surface area contributed by atoms with Crippen LogP contribution >= 0.6 is 0 Å². The van der Waals surface area contributed by atoms with Crippen LogP contribution in [0.15, 0.2) is 91.0 Å². The molecule has 0 aliphatic rings. The molecule has 0 heteroatoms. The first-order chi connectivity index (χ1) is 12.2. The molecule has 0 radical (unpaired) electrons. The molecule has 0 spiro atoms. The normalized spacial score (nSPS) is 11.2. The van der Waals surface area contributed by atoms with E-state index < -0.39 is 0 Å². The number of fused-ring (bicyclic) bond motifs is 1. The molecule has 0 aromatic heterocycles. The van der Waals surface area contributed by atoms with Crippen LogP contribution in [-0.4, -0.2) is 0 Å². The van der Waals surface area contributed by atoms with Gasteiger partial charge in [-0.3, -0.25) is 0 Å². The Kier molecular flexibility index (Phi) is 4.11. The monoisotopic (exact) mass is 322 g/mol. The third-order valence-electron chi connectivity index (χ3n) is 4.86. The van der Waals surface area contributed by atoms with E-state index in [2.05, 4.69) is 105 Å². The second-order valence-electron chi connectivity index (χ2n) is 6.89. The Labute approximate surface area is 149 Å². The van der Waals surface area contributed by atoms with Gasteiger partial charge in [-0.05, 0) is 56.6 Å². The molecule has 4 aromatic carbocycles. The van der Waals surface area contributed by atoms with Gasteiger partial charge in [0.2, 0.25) is 0 Å². The van der Waals surface area contributed by atoms with Crippen LogP contribution in [0.3, 0.4) is 0 Å². The fraction of sp³-hybridized carbons (Fsp3) is 0.120. The van der Waals surface area contributed by atoms with Gasteiger partial charge in [0.1, 0.15) is 0 Å². The zero-order valence-corrected chi connectivity index (χ0v) is 14.7. The minimum absolute atomic E-state index is 0.557. The summed E-state index contributed by atoms with van der Waals surface area (Å²) in [6, 6.07) is 32.9. The van der Waals surface area contributed by atoms with E-state index in [0.717, 1.165) is 0 Å². The van der Waals surface area contributed by atoms with Crippen LogP contribution in [0.1, 0.15) is 25.3 Å². The summed E-state index contributed by atoms with van der Waals surface area (Å²) in [6.45, 7) is 4.47. The molecule has 0 heterocycles. The predicted molar refractivity (Wildman–Crippen MR) is 109 cm³/mol. The lowest BCUT2D eigenvalue weighted by Gasteiger charge is -2.12. The molecule has 0 atom stereocenters. The third-order valence-corrected chi connectivity index (χ3v) is 4.86. The van der Waals surface area contributed by atoms with E-state index in [1.54, 1.807) is 0 Å². The van der Waals surface area contributed by atoms with Crippen molar-refractivity contribution in [1.29, 1.82) is 0 Å². The topological polar surface area (TPSA) is 0 Å². The first-order valence-electron chi connectivity index (χ1n) is 8.91. The lowest BCUT2D eigenvalue weighted by Crippen LogP contribution is -1.88. The predicted octanol–water partition coefficient (Wildman–Crippen LogP) is 7.30. The van der Waals surface area contributed by atoms with Crippen LogP contribution < -0.4 is 0 Å². The van der Waals surface area contributed by atoms with Gasteiger partial charge >= 0.3 is 0 Å². The van der Waals surface area contributed by atoms with Gasteiger partial charge in [-0.2, -0.15) is 0 Å². The lowest BCUT2D eigenvalue weighted by atomic mass is 9.92. The number of hydrogen-bond acceptors (Lipinski definition) is 0. The molecule has 0 unspecified atom stereocenters. The Bertz CT molecular complexity index is 993. The van der Waals surface area contributed by atoms with Crippen LogP contribution in [0.25, 0.3) is 33.0 Å². The highest BCUT2D eigenvalue weighted by molar-refractivity contribution is 6.00. The average Bonchev–Trinajstić information content (AvgIpc) is 2.68. The summed E-state index contributed by atoms with van der Waals surface area (Å²) in [4.78, 5) is 0. The van der Waals surface area contributed by atoms with Gasteiger partial charge in [-0.15, -0.1) is 0 Å². The molecular formula is C25H22. The van der Waals surface area contributed by atoms with Crippen molar-refractivity contribution >= 4 is 10.8 Å². The summed E-state index contributed by atoms with van der Waals surface area (Å²) in [5.41, 5.74) is 6.48. The zero-order chi connectivity index (χ0) is 17.2. The number of hydrogen-bond donors (Lipinski definition) is 0. The third kappa shape index (κ3) is 3.08. The quantitative estimate of drug-likeness (QED) is 0.371. The molecular weight excluding hydrogens is 300 g/mol. The van der Waals surface area contributed by atoms with Crippen molar-refractivity contribution in [3.63, 3.8) is 0 Å². The summed E-state index contributed by atoms with van der Waals surface area (Å²) in [7, 11) is 0. The van der Waals surface area contributed by atoms with Crippen LogP contribution in [0, 0.1) is 0 Å². The molecule has 0 saturated carbocycles. The van der Waals surface area contributed by atoms with E-state index in [0.29, 0.717) is 5.92 Å². The fourth-order valence-electron chi connectivity index (χ4n) is 3.39. The maximum absolute atomic E-state index is 2.32. The first-order valence-corrected chi connectivity index (χ1v) is 8.91. The Balaban J connectivity index is 1.92. The summed E-state index contributed by atoms with van der Waals surface area (Å²) in [5.74, 6) is 0.557. The van der Waals surface area contributed by atoms with E-state index >= 15 is 0 Å². The van der Waals surface area contributed by atoms with E-state index in [4.69, 9.17) is 0 Å². The summed E-state index contributed by atoms with van der Waals surface area (Å²) >= 11 is 0. The minimum Gasteiger partial charge on any atom is -0.0622 e. The molecule has 0 bridgehead atoms. The van der Waals surface area contributed by atoms with E-state index in [1.807, 2.05) is 0 Å². The van der Waals surface area contributed by atoms with Crippen LogP contribution in [0.4, 0.5) is 0 Å². The van der Waals surface area contributed by atoms with Crippen LogP contribution in [0.2, 0.25) is 0 Å². The highest BCUT2D eigenvalue weighted by Crippen LogP contribution is 2.34. The van der Waals surface area contributed by atoms with Gasteiger partial charge in [-0.25, -0.2) is 0 Å². The van der Waals surface area contributed by atoms with Gasteiger partial charge in [0, 0.05) is 0 Å². The van der Waals surface area contributed by atoms with Gasteiger partial charge in [0.15, 0.2) is 0 Å². The van der Waals surface area contributed by atoms with Gasteiger partial charge in [-0.1, -0.05) is 92.7 Å². The molecule has 0 nitrogen and oxygen atoms in total. The van der Waals surface area contributed by atoms with Gasteiger partial charge in [0.25, 0.3) is 0 Å². The standard InChI is InChI=1S/C25H22/c1-18(2)19-12-14-21(15-13-19)25-17-23(20-8-4-3-5-9-20)16-22-10-6-7-11-24(22)25/h3-18H,1-2H3. The Hall–Kier alpha value is -2.86. The molecule has 4 aromatic rings. The number of benzene rings is 4. The maximum Gasteiger partial charge on any atom is -0.00992 e. The van der Waals surface area contributed by atoms with Crippen molar-refractivity contribution in [3.8, 4) is 22.3 Å². The Morgan fingerprint density at radius 3 is 1.96 bits per heavy atom. The lowest BCUT2D eigenvalue weighted by molar-refractivity contribution is 0.867. The highest BCUT2D eigenvalue weighted by Gasteiger charge is 2.08. The zero-order valence-electron chi connectivity index (χ0n) is 14.7. The molecule has 0 saturated heterocycles. The maximum atomic E-state index is 2.32. The largest absolute Gasteiger partial charge is 0.0622 e. The van der Waals surface area contributed by atoms with Crippen molar-refractivity contribution in [1.82, 2.24) is 0 Å². The van der Waals surface area contributed by atoms with E-state index in [1.165, 1.54) is 38.6 Å². The Morgan fingerprint density at radius 2 is 1.24 bits per heavy atom. The van der Waals surface area contributed by atoms with E-state index in [9.17, 15) is 0 Å². The molecule has 0 aliphatic heterocycles. The van der Waals surface area contributed by atoms with Crippen molar-refractivity contribution in [2.75, 3.05) is 0 Å². The molecule has 0 amide bonds. The van der Waals surface area contributed by atoms with Crippen molar-refractivity contribution in [3.05, 3.63) is 96.6 Å². The van der Waals surface area contributed by atoms with Gasteiger partial charge in [0.05, 0.1) is 0 Å². The summed E-state index contributed by atoms with van der Waals surface area (Å²) in [6.07, 6.45) is 0. The number of rotatable bonds is 3. The smallest absolute Gasteiger partial charge is 0.00992 e. The second kappa shape index (κ2) is 6.57. The van der Waals surface area contributed by atoms with Crippen LogP contribution in [0.5, 0.6) is 0 Å². The molecule has 0 fully saturated rings. The average molecular weight is 322 g/mol. The molecule has 25 heavy (non-hydrogen) atoms. The molecule has 0 aliphatic carbocycles. The molecule has 4 rings (SSSR count). The molecule has 122 valence electrons. The van der Waals surface area contributed by atoms with Crippen LogP contribution in [-0.2, 0) is 0 Å². The minimum atomic E-state index is 0.557. The highest BCUT2D eigenvalue weighted by atomic mass is 14.1. The van der Waals surface area contributed by atoms with E-state index in [-0.39, 0.29) is 0 Å². The van der Waals surface area contributed by atoms with Crippen molar-refractivity contribution in [2.24, 2.45) is 0 Å². The fourth-order valence-corrected chi connectivity index (χ4v) is 3.39. The van der Waals surface area contributed by atoms with Gasteiger partial charge < -0.3 is 0 Å². The summed E-state index contributed by atoms with van der Waals surface area (Å²) < 4.78 is 0. The second-order valence-corrected chi connectivity index (χ2v) is 6.89. The van der Waals surface area contributed by atoms with Crippen molar-refractivity contribution < 1.29 is 0 Å². The summed E-state index contributed by atoms with van der Waals surface area (Å²) in [5, 5.41) is 2.59.